The second-order valence-corrected chi connectivity index (χ2v) is 5.38. The molecular weight excluding hydrogens is 168 g/mol. The Balaban J connectivity index is 2.15. The van der Waals surface area contributed by atoms with Crippen LogP contribution in [0.5, 0.6) is 0 Å². The molecule has 0 heterocycles. The molecule has 3 fully saturated rings. The van der Waals surface area contributed by atoms with Crippen molar-refractivity contribution in [1.82, 2.24) is 0 Å². The van der Waals surface area contributed by atoms with Crippen LogP contribution in [0.25, 0.3) is 0 Å². The SMILES string of the molecule is CC1(C)[C@H]2C[C@H](O)[C@H](CS)[C@@H]1C2. The maximum Gasteiger partial charge on any atom is 0.0581 e. The zero-order chi connectivity index (χ0) is 8.93. The lowest BCUT2D eigenvalue weighted by Gasteiger charge is -2.61. The zero-order valence-corrected chi connectivity index (χ0v) is 8.72. The Labute approximate surface area is 80.0 Å². The van der Waals surface area contributed by atoms with E-state index < -0.39 is 0 Å². The number of aliphatic hydroxyl groups is 1. The first-order valence-electron chi connectivity index (χ1n) is 4.86. The molecule has 0 aliphatic heterocycles. The summed E-state index contributed by atoms with van der Waals surface area (Å²) in [5.74, 6) is 2.80. The summed E-state index contributed by atoms with van der Waals surface area (Å²) in [6.07, 6.45) is 2.27. The molecule has 4 atom stereocenters. The molecule has 3 aliphatic carbocycles. The van der Waals surface area contributed by atoms with E-state index >= 15 is 0 Å². The van der Waals surface area contributed by atoms with E-state index in [0.717, 1.165) is 24.0 Å². The van der Waals surface area contributed by atoms with Gasteiger partial charge in [-0.2, -0.15) is 12.6 Å². The molecule has 3 rings (SSSR count). The average Bonchev–Trinajstić information content (AvgIpc) is 2.03. The Morgan fingerprint density at radius 1 is 1.42 bits per heavy atom. The Kier molecular flexibility index (Phi) is 1.96. The topological polar surface area (TPSA) is 20.2 Å². The molecule has 3 aliphatic rings. The van der Waals surface area contributed by atoms with Gasteiger partial charge in [0, 0.05) is 0 Å². The Bertz CT molecular complexity index is 190. The van der Waals surface area contributed by atoms with Crippen molar-refractivity contribution in [2.75, 3.05) is 5.75 Å². The van der Waals surface area contributed by atoms with Crippen LogP contribution in [0, 0.1) is 23.2 Å². The third kappa shape index (κ3) is 0.973. The van der Waals surface area contributed by atoms with E-state index in [2.05, 4.69) is 26.5 Å². The molecule has 0 aromatic carbocycles. The number of thiol groups is 1. The molecule has 3 saturated carbocycles. The van der Waals surface area contributed by atoms with Crippen LogP contribution in [0.3, 0.4) is 0 Å². The predicted octanol–water partition coefficient (Wildman–Crippen LogP) is 1.96. The maximum atomic E-state index is 9.75. The standard InChI is InChI=1S/C10H18OS/c1-10(2)6-3-8(10)7(5-12)9(11)4-6/h6-9,11-12H,3-5H2,1-2H3/t6-,7-,8+,9+/m1/s1. The maximum absolute atomic E-state index is 9.75. The smallest absolute Gasteiger partial charge is 0.0581 e. The summed E-state index contributed by atoms with van der Waals surface area (Å²) < 4.78 is 0. The highest BCUT2D eigenvalue weighted by atomic mass is 32.1. The number of rotatable bonds is 1. The lowest BCUT2D eigenvalue weighted by atomic mass is 9.45. The summed E-state index contributed by atoms with van der Waals surface area (Å²) in [6.45, 7) is 4.68. The van der Waals surface area contributed by atoms with Gasteiger partial charge in [-0.3, -0.25) is 0 Å². The van der Waals surface area contributed by atoms with Crippen molar-refractivity contribution in [3.63, 3.8) is 0 Å². The third-order valence-electron chi connectivity index (χ3n) is 4.29. The van der Waals surface area contributed by atoms with Crippen LogP contribution in [0.2, 0.25) is 0 Å². The van der Waals surface area contributed by atoms with E-state index in [1.165, 1.54) is 6.42 Å². The zero-order valence-electron chi connectivity index (χ0n) is 7.83. The van der Waals surface area contributed by atoms with Crippen molar-refractivity contribution in [2.24, 2.45) is 23.2 Å². The summed E-state index contributed by atoms with van der Waals surface area (Å²) in [5, 5.41) is 9.75. The highest BCUT2D eigenvalue weighted by molar-refractivity contribution is 7.80. The molecule has 0 spiro atoms. The summed E-state index contributed by atoms with van der Waals surface area (Å²) in [6, 6.07) is 0. The van der Waals surface area contributed by atoms with Gasteiger partial charge < -0.3 is 5.11 Å². The van der Waals surface area contributed by atoms with Gasteiger partial charge in [0.2, 0.25) is 0 Å². The minimum absolute atomic E-state index is 0.0701. The van der Waals surface area contributed by atoms with Crippen LogP contribution < -0.4 is 0 Å². The monoisotopic (exact) mass is 186 g/mol. The Morgan fingerprint density at radius 2 is 2.08 bits per heavy atom. The first-order valence-corrected chi connectivity index (χ1v) is 5.49. The number of hydrogen-bond donors (Lipinski definition) is 2. The molecule has 0 unspecified atom stereocenters. The Hall–Kier alpha value is 0.310. The summed E-state index contributed by atoms with van der Waals surface area (Å²) in [4.78, 5) is 0. The molecule has 0 aromatic heterocycles. The fourth-order valence-electron chi connectivity index (χ4n) is 3.17. The first kappa shape index (κ1) is 8.89. The number of aliphatic hydroxyl groups excluding tert-OH is 1. The van der Waals surface area contributed by atoms with Crippen molar-refractivity contribution in [1.29, 1.82) is 0 Å². The van der Waals surface area contributed by atoms with E-state index in [4.69, 9.17) is 0 Å². The lowest BCUT2D eigenvalue weighted by molar-refractivity contribution is -0.152. The number of fused-ring (bicyclic) bond motifs is 2. The summed E-state index contributed by atoms with van der Waals surface area (Å²) >= 11 is 4.32. The fraction of sp³-hybridized carbons (Fsp3) is 1.00. The van der Waals surface area contributed by atoms with Gasteiger partial charge in [0.1, 0.15) is 0 Å². The van der Waals surface area contributed by atoms with Gasteiger partial charge >= 0.3 is 0 Å². The molecule has 0 aromatic rings. The third-order valence-corrected chi connectivity index (χ3v) is 4.72. The molecular formula is C10H18OS. The van der Waals surface area contributed by atoms with Crippen LogP contribution in [-0.2, 0) is 0 Å². The normalized spacial score (nSPS) is 50.0. The molecule has 2 heteroatoms. The predicted molar refractivity (Wildman–Crippen MR) is 53.3 cm³/mol. The lowest BCUT2D eigenvalue weighted by Crippen LogP contribution is -2.58. The molecule has 70 valence electrons. The minimum atomic E-state index is -0.0701. The van der Waals surface area contributed by atoms with Gasteiger partial charge in [-0.15, -0.1) is 0 Å². The van der Waals surface area contributed by atoms with Crippen LogP contribution >= 0.6 is 12.6 Å². The molecule has 1 nitrogen and oxygen atoms in total. The fourth-order valence-corrected chi connectivity index (χ4v) is 3.66. The highest BCUT2D eigenvalue weighted by Crippen LogP contribution is 2.61. The van der Waals surface area contributed by atoms with Crippen molar-refractivity contribution in [3.8, 4) is 0 Å². The van der Waals surface area contributed by atoms with Crippen LogP contribution in [-0.4, -0.2) is 17.0 Å². The van der Waals surface area contributed by atoms with E-state index in [9.17, 15) is 5.11 Å². The molecule has 0 saturated heterocycles. The van der Waals surface area contributed by atoms with Gasteiger partial charge in [-0.1, -0.05) is 13.8 Å². The van der Waals surface area contributed by atoms with E-state index in [0.29, 0.717) is 11.3 Å². The minimum Gasteiger partial charge on any atom is -0.393 e. The van der Waals surface area contributed by atoms with E-state index in [1.807, 2.05) is 0 Å². The highest BCUT2D eigenvalue weighted by Gasteiger charge is 2.56. The average molecular weight is 186 g/mol. The van der Waals surface area contributed by atoms with Gasteiger partial charge in [0.05, 0.1) is 6.10 Å². The largest absolute Gasteiger partial charge is 0.393 e. The van der Waals surface area contributed by atoms with Gasteiger partial charge in [-0.25, -0.2) is 0 Å². The van der Waals surface area contributed by atoms with Crippen LogP contribution in [0.4, 0.5) is 0 Å². The van der Waals surface area contributed by atoms with Crippen molar-refractivity contribution < 1.29 is 5.11 Å². The van der Waals surface area contributed by atoms with Gasteiger partial charge in [0.15, 0.2) is 0 Å². The van der Waals surface area contributed by atoms with Crippen LogP contribution in [0.1, 0.15) is 26.7 Å². The number of hydrogen-bond acceptors (Lipinski definition) is 2. The molecule has 0 radical (unpaired) electrons. The second kappa shape index (κ2) is 2.65. The molecule has 12 heavy (non-hydrogen) atoms. The van der Waals surface area contributed by atoms with Gasteiger partial charge in [-0.05, 0) is 41.8 Å². The van der Waals surface area contributed by atoms with E-state index in [-0.39, 0.29) is 6.10 Å². The van der Waals surface area contributed by atoms with Crippen molar-refractivity contribution >= 4 is 12.6 Å². The van der Waals surface area contributed by atoms with Crippen molar-refractivity contribution in [2.45, 2.75) is 32.8 Å². The van der Waals surface area contributed by atoms with Crippen LogP contribution in [0.15, 0.2) is 0 Å². The molecule has 1 N–H and O–H groups in total. The summed E-state index contributed by atoms with van der Waals surface area (Å²) in [5.41, 5.74) is 0.479. The summed E-state index contributed by atoms with van der Waals surface area (Å²) in [7, 11) is 0. The first-order chi connectivity index (χ1) is 5.57. The van der Waals surface area contributed by atoms with E-state index in [1.54, 1.807) is 0 Å². The van der Waals surface area contributed by atoms with Gasteiger partial charge in [0.25, 0.3) is 0 Å². The quantitative estimate of drug-likeness (QED) is 0.600. The van der Waals surface area contributed by atoms with Crippen molar-refractivity contribution in [3.05, 3.63) is 0 Å². The molecule has 2 bridgehead atoms. The Morgan fingerprint density at radius 3 is 2.50 bits per heavy atom. The second-order valence-electron chi connectivity index (χ2n) is 5.01. The molecule has 0 amide bonds.